The van der Waals surface area contributed by atoms with Gasteiger partial charge < -0.3 is 10.1 Å². The van der Waals surface area contributed by atoms with Crippen molar-refractivity contribution in [3.8, 4) is 0 Å². The maximum absolute atomic E-state index is 12.7. The number of amides is 2. The predicted octanol–water partition coefficient (Wildman–Crippen LogP) is 2.17. The van der Waals surface area contributed by atoms with Crippen LogP contribution in [0.4, 0.5) is 23.7 Å². The SMILES string of the molecule is CC(=O)NC[C@H]1CN(c2cccc(C(F)(F)F)c2)C(=O)O1. The number of benzene rings is 1. The number of nitrogens with one attached hydrogen (secondary N) is 1. The molecule has 114 valence electrons. The Balaban J connectivity index is 2.12. The Labute approximate surface area is 118 Å². The third-order valence-corrected chi connectivity index (χ3v) is 2.94. The van der Waals surface area contributed by atoms with E-state index in [1.807, 2.05) is 0 Å². The van der Waals surface area contributed by atoms with E-state index in [0.29, 0.717) is 0 Å². The van der Waals surface area contributed by atoms with Crippen LogP contribution in [0.1, 0.15) is 12.5 Å². The zero-order valence-electron chi connectivity index (χ0n) is 11.1. The van der Waals surface area contributed by atoms with Crippen molar-refractivity contribution in [3.63, 3.8) is 0 Å². The maximum Gasteiger partial charge on any atom is 0.416 e. The summed E-state index contributed by atoms with van der Waals surface area (Å²) in [6.45, 7) is 1.53. The van der Waals surface area contributed by atoms with Crippen LogP contribution < -0.4 is 10.2 Å². The fraction of sp³-hybridized carbons (Fsp3) is 0.385. The van der Waals surface area contributed by atoms with Gasteiger partial charge in [0.05, 0.1) is 18.7 Å². The smallest absolute Gasteiger partial charge is 0.416 e. The quantitative estimate of drug-likeness (QED) is 0.931. The Hall–Kier alpha value is -2.25. The molecule has 1 aromatic rings. The van der Waals surface area contributed by atoms with E-state index in [1.165, 1.54) is 19.1 Å². The lowest BCUT2D eigenvalue weighted by molar-refractivity contribution is -0.137. The average Bonchev–Trinajstić information content (AvgIpc) is 2.77. The number of carbonyl (C=O) groups is 2. The lowest BCUT2D eigenvalue weighted by Gasteiger charge is -2.15. The van der Waals surface area contributed by atoms with E-state index >= 15 is 0 Å². The van der Waals surface area contributed by atoms with Crippen molar-refractivity contribution < 1.29 is 27.5 Å². The summed E-state index contributed by atoms with van der Waals surface area (Å²) in [5, 5.41) is 2.49. The highest BCUT2D eigenvalue weighted by molar-refractivity contribution is 5.90. The van der Waals surface area contributed by atoms with Crippen LogP contribution in [0, 0.1) is 0 Å². The third-order valence-electron chi connectivity index (χ3n) is 2.94. The summed E-state index contributed by atoms with van der Waals surface area (Å²) < 4.78 is 43.0. The third kappa shape index (κ3) is 3.65. The van der Waals surface area contributed by atoms with Crippen LogP contribution in [0.2, 0.25) is 0 Å². The minimum Gasteiger partial charge on any atom is -0.442 e. The molecule has 21 heavy (non-hydrogen) atoms. The summed E-state index contributed by atoms with van der Waals surface area (Å²) in [6, 6.07) is 4.45. The molecule has 1 aliphatic heterocycles. The van der Waals surface area contributed by atoms with E-state index < -0.39 is 23.9 Å². The first-order chi connectivity index (χ1) is 9.77. The van der Waals surface area contributed by atoms with Gasteiger partial charge in [0.1, 0.15) is 6.10 Å². The first kappa shape index (κ1) is 15.1. The molecule has 2 amide bonds. The average molecular weight is 302 g/mol. The fourth-order valence-corrected chi connectivity index (χ4v) is 1.95. The number of nitrogens with zero attached hydrogens (tertiary/aromatic N) is 1. The highest BCUT2D eigenvalue weighted by atomic mass is 19.4. The van der Waals surface area contributed by atoms with Crippen molar-refractivity contribution in [1.29, 1.82) is 0 Å². The molecule has 0 aliphatic carbocycles. The van der Waals surface area contributed by atoms with Crippen molar-refractivity contribution in [3.05, 3.63) is 29.8 Å². The van der Waals surface area contributed by atoms with Crippen LogP contribution in [0.5, 0.6) is 0 Å². The van der Waals surface area contributed by atoms with Crippen LogP contribution in [-0.2, 0) is 15.7 Å². The highest BCUT2D eigenvalue weighted by Crippen LogP contribution is 2.32. The van der Waals surface area contributed by atoms with E-state index in [0.717, 1.165) is 17.0 Å². The van der Waals surface area contributed by atoms with Gasteiger partial charge in [0.2, 0.25) is 5.91 Å². The molecule has 0 unspecified atom stereocenters. The molecule has 1 saturated heterocycles. The van der Waals surface area contributed by atoms with Gasteiger partial charge in [0, 0.05) is 12.6 Å². The molecule has 0 aromatic heterocycles. The van der Waals surface area contributed by atoms with Crippen molar-refractivity contribution in [2.24, 2.45) is 0 Å². The van der Waals surface area contributed by atoms with Gasteiger partial charge in [-0.25, -0.2) is 4.79 Å². The summed E-state index contributed by atoms with van der Waals surface area (Å²) in [6.07, 6.45) is -5.80. The van der Waals surface area contributed by atoms with Crippen LogP contribution in [-0.4, -0.2) is 31.2 Å². The van der Waals surface area contributed by atoms with E-state index in [-0.39, 0.29) is 24.7 Å². The Morgan fingerprint density at radius 2 is 2.19 bits per heavy atom. The second-order valence-electron chi connectivity index (χ2n) is 4.60. The van der Waals surface area contributed by atoms with Crippen molar-refractivity contribution in [2.45, 2.75) is 19.2 Å². The second-order valence-corrected chi connectivity index (χ2v) is 4.60. The highest BCUT2D eigenvalue weighted by Gasteiger charge is 2.35. The van der Waals surface area contributed by atoms with E-state index in [4.69, 9.17) is 4.74 Å². The monoisotopic (exact) mass is 302 g/mol. The number of alkyl halides is 3. The standard InChI is InChI=1S/C13H13F3N2O3/c1-8(19)17-6-11-7-18(12(20)21-11)10-4-2-3-9(5-10)13(14,15)16/h2-5,11H,6-7H2,1H3,(H,17,19)/t11-/m0/s1. The molecule has 1 aliphatic rings. The molecule has 1 atom stereocenters. The van der Waals surface area contributed by atoms with E-state index in [1.54, 1.807) is 0 Å². The fourth-order valence-electron chi connectivity index (χ4n) is 1.95. The zero-order chi connectivity index (χ0) is 15.6. The molecule has 8 heteroatoms. The molecular formula is C13H13F3N2O3. The molecule has 1 N–H and O–H groups in total. The largest absolute Gasteiger partial charge is 0.442 e. The molecule has 5 nitrogen and oxygen atoms in total. The number of cyclic esters (lactones) is 1. The van der Waals surface area contributed by atoms with Crippen LogP contribution in [0.15, 0.2) is 24.3 Å². The van der Waals surface area contributed by atoms with E-state index in [2.05, 4.69) is 5.32 Å². The minimum atomic E-state index is -4.48. The van der Waals surface area contributed by atoms with Crippen LogP contribution in [0.25, 0.3) is 0 Å². The summed E-state index contributed by atoms with van der Waals surface area (Å²) in [5.41, 5.74) is -0.724. The van der Waals surface area contributed by atoms with Gasteiger partial charge in [-0.1, -0.05) is 6.07 Å². The number of ether oxygens (including phenoxy) is 1. The Kier molecular flexibility index (Phi) is 4.06. The van der Waals surface area contributed by atoms with Gasteiger partial charge in [0.15, 0.2) is 0 Å². The van der Waals surface area contributed by atoms with Crippen molar-refractivity contribution >= 4 is 17.7 Å². The number of anilines is 1. The lowest BCUT2D eigenvalue weighted by Crippen LogP contribution is -2.33. The van der Waals surface area contributed by atoms with Gasteiger partial charge >= 0.3 is 12.3 Å². The number of carbonyl (C=O) groups excluding carboxylic acids is 2. The molecular weight excluding hydrogens is 289 g/mol. The molecule has 0 saturated carbocycles. The van der Waals surface area contributed by atoms with Gasteiger partial charge in [-0.15, -0.1) is 0 Å². The second kappa shape index (κ2) is 5.63. The van der Waals surface area contributed by atoms with Gasteiger partial charge in [0.25, 0.3) is 0 Å². The molecule has 0 spiro atoms. The Morgan fingerprint density at radius 3 is 2.81 bits per heavy atom. The molecule has 1 aromatic carbocycles. The number of hydrogen-bond acceptors (Lipinski definition) is 3. The normalized spacial score (nSPS) is 18.6. The Bertz CT molecular complexity index is 560. The molecule has 0 bridgehead atoms. The zero-order valence-corrected chi connectivity index (χ0v) is 11.1. The summed E-state index contributed by atoms with van der Waals surface area (Å²) in [5.74, 6) is -0.274. The lowest BCUT2D eigenvalue weighted by atomic mass is 10.2. The number of rotatable bonds is 3. The molecule has 1 heterocycles. The van der Waals surface area contributed by atoms with E-state index in [9.17, 15) is 22.8 Å². The van der Waals surface area contributed by atoms with Crippen LogP contribution >= 0.6 is 0 Å². The summed E-state index contributed by atoms with van der Waals surface area (Å²) in [4.78, 5) is 23.6. The van der Waals surface area contributed by atoms with Crippen LogP contribution in [0.3, 0.4) is 0 Å². The summed E-state index contributed by atoms with van der Waals surface area (Å²) in [7, 11) is 0. The first-order valence-corrected chi connectivity index (χ1v) is 6.17. The molecule has 0 radical (unpaired) electrons. The molecule has 1 fully saturated rings. The minimum absolute atomic E-state index is 0.0838. The predicted molar refractivity (Wildman–Crippen MR) is 67.7 cm³/mol. The van der Waals surface area contributed by atoms with Gasteiger partial charge in [-0.3, -0.25) is 9.69 Å². The topological polar surface area (TPSA) is 58.6 Å². The number of halogens is 3. The first-order valence-electron chi connectivity index (χ1n) is 6.17. The summed E-state index contributed by atoms with van der Waals surface area (Å²) >= 11 is 0. The molecule has 2 rings (SSSR count). The van der Waals surface area contributed by atoms with Crippen molar-refractivity contribution in [2.75, 3.05) is 18.0 Å². The number of hydrogen-bond donors (Lipinski definition) is 1. The van der Waals surface area contributed by atoms with Gasteiger partial charge in [-0.05, 0) is 18.2 Å². The van der Waals surface area contributed by atoms with Gasteiger partial charge in [-0.2, -0.15) is 13.2 Å². The Morgan fingerprint density at radius 1 is 1.48 bits per heavy atom. The maximum atomic E-state index is 12.7. The van der Waals surface area contributed by atoms with Crippen molar-refractivity contribution in [1.82, 2.24) is 5.32 Å².